The van der Waals surface area contributed by atoms with Gasteiger partial charge in [-0.2, -0.15) is 0 Å². The second-order valence-electron chi connectivity index (χ2n) is 4.57. The Balaban J connectivity index is 2.82. The fourth-order valence-corrected chi connectivity index (χ4v) is 1.87. The van der Waals surface area contributed by atoms with Crippen LogP contribution in [0.1, 0.15) is 27.2 Å². The molecule has 0 unspecified atom stereocenters. The summed E-state index contributed by atoms with van der Waals surface area (Å²) in [6.45, 7) is 6.78. The van der Waals surface area contributed by atoms with Crippen molar-refractivity contribution in [3.63, 3.8) is 0 Å². The number of hydrogen-bond donors (Lipinski definition) is 2. The monoisotopic (exact) mass is 186 g/mol. The third-order valence-electron chi connectivity index (χ3n) is 2.52. The van der Waals surface area contributed by atoms with Gasteiger partial charge in [0.25, 0.3) is 0 Å². The van der Waals surface area contributed by atoms with Crippen molar-refractivity contribution in [2.75, 3.05) is 6.54 Å². The predicted octanol–water partition coefficient (Wildman–Crippen LogP) is -0.295. The predicted molar refractivity (Wildman–Crippen MR) is 50.1 cm³/mol. The van der Waals surface area contributed by atoms with Gasteiger partial charge in [0.2, 0.25) is 5.91 Å². The molecule has 1 fully saturated rings. The van der Waals surface area contributed by atoms with Crippen molar-refractivity contribution in [3.05, 3.63) is 0 Å². The van der Waals surface area contributed by atoms with E-state index < -0.39 is 18.1 Å². The molecule has 4 nitrogen and oxygen atoms in total. The van der Waals surface area contributed by atoms with Crippen molar-refractivity contribution >= 4 is 5.91 Å². The first-order valence-electron chi connectivity index (χ1n) is 4.58. The summed E-state index contributed by atoms with van der Waals surface area (Å²) < 4.78 is 0. The maximum Gasteiger partial charge on any atom is 0.237 e. The van der Waals surface area contributed by atoms with Gasteiger partial charge in [-0.15, -0.1) is 0 Å². The van der Waals surface area contributed by atoms with Crippen LogP contribution in [0.3, 0.4) is 0 Å². The minimum absolute atomic E-state index is 0.114. The van der Waals surface area contributed by atoms with E-state index in [-0.39, 0.29) is 5.54 Å². The molecule has 1 saturated heterocycles. The van der Waals surface area contributed by atoms with Crippen molar-refractivity contribution < 1.29 is 9.90 Å². The largest absolute Gasteiger partial charge is 0.391 e. The number of nitrogens with zero attached hydrogens (tertiary/aromatic N) is 1. The standard InChI is InChI=1S/C9H18N2O2/c1-9(2,3)11-5-4-6(12)7(11)8(10)13/h6-7,12H,4-5H2,1-3H3,(H2,10,13)/t6-,7+/m1/s1. The quantitative estimate of drug-likeness (QED) is 0.591. The number of rotatable bonds is 1. The molecule has 13 heavy (non-hydrogen) atoms. The smallest absolute Gasteiger partial charge is 0.237 e. The highest BCUT2D eigenvalue weighted by molar-refractivity contribution is 5.81. The number of primary amides is 1. The number of hydrogen-bond acceptors (Lipinski definition) is 3. The third kappa shape index (κ3) is 2.00. The summed E-state index contributed by atoms with van der Waals surface area (Å²) >= 11 is 0. The van der Waals surface area contributed by atoms with Gasteiger partial charge in [-0.05, 0) is 27.2 Å². The summed E-state index contributed by atoms with van der Waals surface area (Å²) in [5.41, 5.74) is 5.12. The molecule has 0 aromatic heterocycles. The lowest BCUT2D eigenvalue weighted by atomic mass is 10.0. The third-order valence-corrected chi connectivity index (χ3v) is 2.52. The van der Waals surface area contributed by atoms with Crippen molar-refractivity contribution in [3.8, 4) is 0 Å². The van der Waals surface area contributed by atoms with E-state index in [4.69, 9.17) is 5.73 Å². The average Bonchev–Trinajstić information content (AvgIpc) is 2.28. The van der Waals surface area contributed by atoms with Gasteiger partial charge in [0.1, 0.15) is 6.04 Å². The van der Waals surface area contributed by atoms with Gasteiger partial charge >= 0.3 is 0 Å². The fraction of sp³-hybridized carbons (Fsp3) is 0.889. The molecule has 1 aliphatic rings. The van der Waals surface area contributed by atoms with Crippen LogP contribution in [0.4, 0.5) is 0 Å². The molecule has 3 N–H and O–H groups in total. The number of nitrogens with two attached hydrogens (primary N) is 1. The zero-order valence-electron chi connectivity index (χ0n) is 8.45. The lowest BCUT2D eigenvalue weighted by Crippen LogP contribution is -2.53. The topological polar surface area (TPSA) is 66.6 Å². The molecule has 0 saturated carbocycles. The number of aliphatic hydroxyl groups is 1. The zero-order chi connectivity index (χ0) is 10.2. The number of likely N-dealkylation sites (tertiary alicyclic amines) is 1. The Kier molecular flexibility index (Phi) is 2.63. The molecule has 0 aromatic carbocycles. The van der Waals surface area contributed by atoms with Crippen molar-refractivity contribution in [1.29, 1.82) is 0 Å². The molecule has 1 heterocycles. The number of amides is 1. The van der Waals surface area contributed by atoms with E-state index in [1.165, 1.54) is 0 Å². The van der Waals surface area contributed by atoms with Crippen LogP contribution in [0, 0.1) is 0 Å². The Morgan fingerprint density at radius 3 is 2.38 bits per heavy atom. The average molecular weight is 186 g/mol. The molecule has 4 heteroatoms. The van der Waals surface area contributed by atoms with Gasteiger partial charge in [-0.3, -0.25) is 9.69 Å². The first kappa shape index (κ1) is 10.5. The van der Waals surface area contributed by atoms with E-state index in [1.54, 1.807) is 0 Å². The van der Waals surface area contributed by atoms with E-state index in [0.29, 0.717) is 6.42 Å². The van der Waals surface area contributed by atoms with E-state index in [1.807, 2.05) is 25.7 Å². The van der Waals surface area contributed by atoms with Gasteiger partial charge in [-0.1, -0.05) is 0 Å². The molecular formula is C9H18N2O2. The molecule has 1 rings (SSSR count). The summed E-state index contributed by atoms with van der Waals surface area (Å²) in [7, 11) is 0. The minimum Gasteiger partial charge on any atom is -0.391 e. The van der Waals surface area contributed by atoms with Crippen LogP contribution in [0.25, 0.3) is 0 Å². The van der Waals surface area contributed by atoms with Crippen LogP contribution in [0.2, 0.25) is 0 Å². The van der Waals surface area contributed by atoms with Crippen LogP contribution in [-0.4, -0.2) is 40.1 Å². The molecule has 0 aliphatic carbocycles. The number of carbonyl (C=O) groups excluding carboxylic acids is 1. The van der Waals surface area contributed by atoms with Crippen LogP contribution in [0.5, 0.6) is 0 Å². The van der Waals surface area contributed by atoms with E-state index in [2.05, 4.69) is 0 Å². The van der Waals surface area contributed by atoms with Gasteiger partial charge in [0.05, 0.1) is 6.10 Å². The van der Waals surface area contributed by atoms with E-state index >= 15 is 0 Å². The summed E-state index contributed by atoms with van der Waals surface area (Å²) in [6, 6.07) is -0.514. The highest BCUT2D eigenvalue weighted by atomic mass is 16.3. The van der Waals surface area contributed by atoms with Crippen molar-refractivity contribution in [1.82, 2.24) is 4.90 Å². The fourth-order valence-electron chi connectivity index (χ4n) is 1.87. The van der Waals surface area contributed by atoms with Crippen molar-refractivity contribution in [2.24, 2.45) is 5.73 Å². The van der Waals surface area contributed by atoms with Crippen LogP contribution in [-0.2, 0) is 4.79 Å². The molecule has 2 atom stereocenters. The first-order valence-corrected chi connectivity index (χ1v) is 4.58. The minimum atomic E-state index is -0.600. The molecule has 1 aliphatic heterocycles. The molecule has 76 valence electrons. The van der Waals surface area contributed by atoms with Gasteiger partial charge in [-0.25, -0.2) is 0 Å². The maximum atomic E-state index is 11.1. The van der Waals surface area contributed by atoms with E-state index in [0.717, 1.165) is 6.54 Å². The Morgan fingerprint density at radius 1 is 1.54 bits per heavy atom. The van der Waals surface area contributed by atoms with Crippen molar-refractivity contribution in [2.45, 2.75) is 44.9 Å². The highest BCUT2D eigenvalue weighted by Gasteiger charge is 2.41. The second-order valence-corrected chi connectivity index (χ2v) is 4.57. The van der Waals surface area contributed by atoms with Gasteiger partial charge < -0.3 is 10.8 Å². The summed E-state index contributed by atoms with van der Waals surface area (Å²) in [5, 5.41) is 9.55. The van der Waals surface area contributed by atoms with Crippen LogP contribution in [0.15, 0.2) is 0 Å². The van der Waals surface area contributed by atoms with Crippen LogP contribution >= 0.6 is 0 Å². The van der Waals surface area contributed by atoms with Gasteiger partial charge in [0.15, 0.2) is 0 Å². The summed E-state index contributed by atoms with van der Waals surface area (Å²) in [6.07, 6.45) is 0.0296. The highest BCUT2D eigenvalue weighted by Crippen LogP contribution is 2.26. The number of carbonyl (C=O) groups is 1. The molecule has 0 aromatic rings. The Bertz CT molecular complexity index is 210. The Morgan fingerprint density at radius 2 is 2.08 bits per heavy atom. The molecular weight excluding hydrogens is 168 g/mol. The number of aliphatic hydroxyl groups excluding tert-OH is 1. The first-order chi connectivity index (χ1) is 5.84. The second kappa shape index (κ2) is 3.27. The summed E-state index contributed by atoms with van der Waals surface area (Å²) in [4.78, 5) is 13.0. The Labute approximate surface area is 78.7 Å². The zero-order valence-corrected chi connectivity index (χ0v) is 8.45. The van der Waals surface area contributed by atoms with Gasteiger partial charge in [0, 0.05) is 12.1 Å². The lowest BCUT2D eigenvalue weighted by Gasteiger charge is -2.35. The maximum absolute atomic E-state index is 11.1. The van der Waals surface area contributed by atoms with E-state index in [9.17, 15) is 9.90 Å². The molecule has 0 spiro atoms. The summed E-state index contributed by atoms with van der Waals surface area (Å²) in [5.74, 6) is -0.431. The molecule has 1 amide bonds. The SMILES string of the molecule is CC(C)(C)N1CC[C@@H](O)[C@H]1C(N)=O. The normalized spacial score (nSPS) is 30.8. The van der Waals surface area contributed by atoms with Crippen LogP contribution < -0.4 is 5.73 Å². The Hall–Kier alpha value is -0.610. The lowest BCUT2D eigenvalue weighted by molar-refractivity contribution is -0.126. The molecule has 0 bridgehead atoms. The molecule has 0 radical (unpaired) electrons.